The standard InChI is InChI=1S/C5H13O6PS.Na.H/c1-2-3-4-5-13(9,10)11-12(6,7)8;;/h2-5H2,1H3,(H2,6,7,8);;. The van der Waals surface area contributed by atoms with Crippen molar-refractivity contribution >= 4 is 47.5 Å². The Balaban J connectivity index is 0. The van der Waals surface area contributed by atoms with Gasteiger partial charge in [0.1, 0.15) is 0 Å². The van der Waals surface area contributed by atoms with Gasteiger partial charge in [0.05, 0.1) is 5.75 Å². The van der Waals surface area contributed by atoms with Crippen LogP contribution in [0.25, 0.3) is 0 Å². The minimum atomic E-state index is -4.92. The Bertz CT molecular complexity index is 283. The van der Waals surface area contributed by atoms with Gasteiger partial charge < -0.3 is 9.79 Å². The Morgan fingerprint density at radius 2 is 1.79 bits per heavy atom. The molecular formula is C5H14NaO6PS. The fourth-order valence-electron chi connectivity index (χ4n) is 0.714. The van der Waals surface area contributed by atoms with E-state index in [1.807, 2.05) is 6.92 Å². The van der Waals surface area contributed by atoms with E-state index in [9.17, 15) is 13.0 Å². The van der Waals surface area contributed by atoms with Gasteiger partial charge in [0.2, 0.25) is 0 Å². The van der Waals surface area contributed by atoms with Crippen LogP contribution in [0.2, 0.25) is 0 Å². The zero-order valence-electron chi connectivity index (χ0n) is 7.21. The van der Waals surface area contributed by atoms with Crippen LogP contribution < -0.4 is 0 Å². The van der Waals surface area contributed by atoms with Gasteiger partial charge in [0.15, 0.2) is 0 Å². The molecule has 0 aromatic rings. The second-order valence-electron chi connectivity index (χ2n) is 2.53. The molecule has 0 aromatic carbocycles. The summed E-state index contributed by atoms with van der Waals surface area (Å²) >= 11 is 0. The normalized spacial score (nSPS) is 12.2. The first kappa shape index (κ1) is 17.5. The molecule has 82 valence electrons. The van der Waals surface area contributed by atoms with E-state index in [0.717, 1.165) is 6.42 Å². The van der Waals surface area contributed by atoms with Gasteiger partial charge >= 0.3 is 37.4 Å². The maximum absolute atomic E-state index is 10.8. The Kier molecular flexibility index (Phi) is 9.17. The summed E-state index contributed by atoms with van der Waals surface area (Å²) in [6.07, 6.45) is 1.86. The quantitative estimate of drug-likeness (QED) is 0.393. The summed E-state index contributed by atoms with van der Waals surface area (Å²) in [6, 6.07) is 0. The third-order valence-corrected chi connectivity index (χ3v) is 3.68. The second-order valence-corrected chi connectivity index (χ2v) is 5.64. The average Bonchev–Trinajstić information content (AvgIpc) is 1.81. The Hall–Kier alpha value is 1.06. The monoisotopic (exact) mass is 256 g/mol. The zero-order chi connectivity index (χ0) is 10.5. The van der Waals surface area contributed by atoms with E-state index in [1.54, 1.807) is 0 Å². The Morgan fingerprint density at radius 1 is 1.29 bits per heavy atom. The van der Waals surface area contributed by atoms with E-state index < -0.39 is 17.9 Å². The van der Waals surface area contributed by atoms with Crippen molar-refractivity contribution in [2.75, 3.05) is 5.75 Å². The molecule has 0 heterocycles. The van der Waals surface area contributed by atoms with Gasteiger partial charge in [0.25, 0.3) is 10.1 Å². The van der Waals surface area contributed by atoms with Crippen molar-refractivity contribution in [2.24, 2.45) is 0 Å². The van der Waals surface area contributed by atoms with Crippen molar-refractivity contribution in [3.8, 4) is 0 Å². The molecule has 0 rings (SSSR count). The molecule has 0 bridgehead atoms. The molecular weight excluding hydrogens is 242 g/mol. The first-order valence-electron chi connectivity index (χ1n) is 3.76. The van der Waals surface area contributed by atoms with Gasteiger partial charge in [-0.2, -0.15) is 12.4 Å². The van der Waals surface area contributed by atoms with Gasteiger partial charge in [-0.15, -0.1) is 0 Å². The average molecular weight is 256 g/mol. The third kappa shape index (κ3) is 11.1. The molecule has 9 heteroatoms. The molecule has 0 amide bonds. The minimum absolute atomic E-state index is 0. The van der Waals surface area contributed by atoms with Crippen LogP contribution in [0.4, 0.5) is 0 Å². The van der Waals surface area contributed by atoms with Crippen molar-refractivity contribution in [1.29, 1.82) is 0 Å². The fourth-order valence-corrected chi connectivity index (χ4v) is 2.75. The van der Waals surface area contributed by atoms with Gasteiger partial charge in [-0.3, -0.25) is 0 Å². The Labute approximate surface area is 106 Å². The van der Waals surface area contributed by atoms with Crippen LogP contribution in [0.3, 0.4) is 0 Å². The molecule has 0 aromatic heterocycles. The molecule has 0 atom stereocenters. The Morgan fingerprint density at radius 3 is 2.14 bits per heavy atom. The molecule has 2 N–H and O–H groups in total. The molecule has 0 spiro atoms. The van der Waals surface area contributed by atoms with Crippen LogP contribution in [0.5, 0.6) is 0 Å². The number of unbranched alkanes of at least 4 members (excludes halogenated alkanes) is 2. The number of phosphoric acid groups is 1. The third-order valence-electron chi connectivity index (χ3n) is 1.21. The summed E-state index contributed by atoms with van der Waals surface area (Å²) in [5, 5.41) is 0. The molecule has 14 heavy (non-hydrogen) atoms. The van der Waals surface area contributed by atoms with E-state index in [-0.39, 0.29) is 35.3 Å². The first-order chi connectivity index (χ1) is 5.77. The van der Waals surface area contributed by atoms with Crippen molar-refractivity contribution in [3.05, 3.63) is 0 Å². The molecule has 0 aliphatic carbocycles. The van der Waals surface area contributed by atoms with Crippen LogP contribution in [0.1, 0.15) is 26.2 Å². The number of rotatable bonds is 6. The topological polar surface area (TPSA) is 101 Å². The predicted molar refractivity (Wildman–Crippen MR) is 53.6 cm³/mol. The van der Waals surface area contributed by atoms with Crippen LogP contribution in [-0.4, -0.2) is 53.5 Å². The molecule has 0 saturated heterocycles. The van der Waals surface area contributed by atoms with E-state index in [4.69, 9.17) is 9.79 Å². The van der Waals surface area contributed by atoms with Gasteiger partial charge in [0, 0.05) is 0 Å². The van der Waals surface area contributed by atoms with E-state index in [1.165, 1.54) is 0 Å². The molecule has 0 saturated carbocycles. The van der Waals surface area contributed by atoms with Crippen molar-refractivity contribution in [3.63, 3.8) is 0 Å². The molecule has 0 fully saturated rings. The second kappa shape index (κ2) is 7.35. The first-order valence-corrected chi connectivity index (χ1v) is 6.87. The molecule has 6 nitrogen and oxygen atoms in total. The summed E-state index contributed by atoms with van der Waals surface area (Å²) < 4.78 is 35.4. The predicted octanol–water partition coefficient (Wildman–Crippen LogP) is -0.0328. The fraction of sp³-hybridized carbons (Fsp3) is 1.00. The molecule has 0 aliphatic heterocycles. The van der Waals surface area contributed by atoms with Gasteiger partial charge in [-0.25, -0.2) is 4.57 Å². The summed E-state index contributed by atoms with van der Waals surface area (Å²) in [5.41, 5.74) is 0. The summed E-state index contributed by atoms with van der Waals surface area (Å²) in [7, 11) is -9.00. The van der Waals surface area contributed by atoms with Crippen molar-refractivity contribution in [2.45, 2.75) is 26.2 Å². The molecule has 0 unspecified atom stereocenters. The van der Waals surface area contributed by atoms with E-state index in [0.29, 0.717) is 12.8 Å². The van der Waals surface area contributed by atoms with Gasteiger partial charge in [-0.05, 0) is 6.42 Å². The number of hydrogen-bond donors (Lipinski definition) is 2. The van der Waals surface area contributed by atoms with Gasteiger partial charge in [-0.1, -0.05) is 19.8 Å². The van der Waals surface area contributed by atoms with E-state index in [2.05, 4.69) is 3.97 Å². The number of hydrogen-bond acceptors (Lipinski definition) is 4. The molecule has 0 radical (unpaired) electrons. The summed E-state index contributed by atoms with van der Waals surface area (Å²) in [6.45, 7) is 1.89. The maximum atomic E-state index is 10.8. The van der Waals surface area contributed by atoms with Crippen LogP contribution >= 0.6 is 7.82 Å². The SMILES string of the molecule is CCCCCS(=O)(=O)OP(=O)(O)O.[NaH]. The van der Waals surface area contributed by atoms with Crippen molar-refractivity contribution < 1.29 is 26.7 Å². The summed E-state index contributed by atoms with van der Waals surface area (Å²) in [4.78, 5) is 16.4. The van der Waals surface area contributed by atoms with Crippen molar-refractivity contribution in [1.82, 2.24) is 0 Å². The summed E-state index contributed by atoms with van der Waals surface area (Å²) in [5.74, 6) is -0.355. The van der Waals surface area contributed by atoms with E-state index >= 15 is 0 Å². The molecule has 0 aliphatic rings. The van der Waals surface area contributed by atoms with Crippen LogP contribution in [0.15, 0.2) is 0 Å². The zero-order valence-corrected chi connectivity index (χ0v) is 8.92. The van der Waals surface area contributed by atoms with Crippen LogP contribution in [0, 0.1) is 0 Å². The van der Waals surface area contributed by atoms with Crippen LogP contribution in [-0.2, 0) is 18.7 Å².